The lowest BCUT2D eigenvalue weighted by Gasteiger charge is -2.18. The van der Waals surface area contributed by atoms with E-state index < -0.39 is 5.97 Å². The Morgan fingerprint density at radius 1 is 1.04 bits per heavy atom. The summed E-state index contributed by atoms with van der Waals surface area (Å²) in [7, 11) is 1.32. The molecule has 136 valence electrons. The van der Waals surface area contributed by atoms with Crippen LogP contribution in [0.5, 0.6) is 11.5 Å². The fourth-order valence-electron chi connectivity index (χ4n) is 2.55. The van der Waals surface area contributed by atoms with Crippen LogP contribution in [0.4, 0.5) is 10.5 Å². The molecule has 0 aromatic heterocycles. The van der Waals surface area contributed by atoms with E-state index in [9.17, 15) is 9.59 Å². The zero-order valence-electron chi connectivity index (χ0n) is 14.4. The Bertz CT molecular complexity index is 789. The number of fused-ring (bicyclic) bond motifs is 1. The number of benzene rings is 2. The lowest BCUT2D eigenvalue weighted by Crippen LogP contribution is -2.30. The highest BCUT2D eigenvalue weighted by atomic mass is 16.6. The molecule has 1 heterocycles. The topological polar surface area (TPSA) is 85.9 Å². The third-order valence-electron chi connectivity index (χ3n) is 3.87. The number of urea groups is 1. The van der Waals surface area contributed by atoms with Crippen LogP contribution in [0, 0.1) is 0 Å². The van der Waals surface area contributed by atoms with E-state index in [0.29, 0.717) is 37.4 Å². The molecule has 0 fully saturated rings. The minimum atomic E-state index is -0.416. The molecule has 26 heavy (non-hydrogen) atoms. The summed E-state index contributed by atoms with van der Waals surface area (Å²) >= 11 is 0. The van der Waals surface area contributed by atoms with Gasteiger partial charge in [-0.05, 0) is 48.4 Å². The molecule has 0 saturated carbocycles. The van der Waals surface area contributed by atoms with Crippen molar-refractivity contribution < 1.29 is 23.8 Å². The Labute approximate surface area is 151 Å². The molecule has 2 aromatic rings. The zero-order valence-corrected chi connectivity index (χ0v) is 14.4. The van der Waals surface area contributed by atoms with Crippen molar-refractivity contribution in [2.24, 2.45) is 0 Å². The van der Waals surface area contributed by atoms with E-state index in [4.69, 9.17) is 9.47 Å². The van der Waals surface area contributed by atoms with Crippen LogP contribution in [0.1, 0.15) is 15.9 Å². The molecular weight excluding hydrogens is 336 g/mol. The molecule has 2 N–H and O–H groups in total. The van der Waals surface area contributed by atoms with E-state index in [0.717, 1.165) is 17.1 Å². The molecule has 2 aromatic carbocycles. The predicted molar refractivity (Wildman–Crippen MR) is 95.9 cm³/mol. The number of hydrogen-bond acceptors (Lipinski definition) is 5. The number of amides is 2. The van der Waals surface area contributed by atoms with E-state index in [1.54, 1.807) is 24.3 Å². The quantitative estimate of drug-likeness (QED) is 0.805. The maximum atomic E-state index is 12.0. The van der Waals surface area contributed by atoms with E-state index in [1.165, 1.54) is 7.11 Å². The van der Waals surface area contributed by atoms with Gasteiger partial charge in [-0.25, -0.2) is 9.59 Å². The van der Waals surface area contributed by atoms with Crippen LogP contribution in [0.3, 0.4) is 0 Å². The molecule has 0 spiro atoms. The van der Waals surface area contributed by atoms with Crippen molar-refractivity contribution in [1.29, 1.82) is 0 Å². The lowest BCUT2D eigenvalue weighted by molar-refractivity contribution is 0.0600. The highest BCUT2D eigenvalue weighted by Gasteiger charge is 2.11. The van der Waals surface area contributed by atoms with Gasteiger partial charge in [0.1, 0.15) is 13.2 Å². The second-order valence-corrected chi connectivity index (χ2v) is 5.68. The summed E-state index contributed by atoms with van der Waals surface area (Å²) in [4.78, 5) is 23.3. The Morgan fingerprint density at radius 2 is 1.77 bits per heavy atom. The highest BCUT2D eigenvalue weighted by Crippen LogP contribution is 2.30. The molecule has 7 heteroatoms. The zero-order chi connectivity index (χ0) is 18.4. The highest BCUT2D eigenvalue weighted by molar-refractivity contribution is 5.92. The van der Waals surface area contributed by atoms with Gasteiger partial charge in [0.05, 0.1) is 12.7 Å². The average Bonchev–Trinajstić information content (AvgIpc) is 2.68. The second kappa shape index (κ2) is 8.24. The first-order valence-corrected chi connectivity index (χ1v) is 8.27. The number of carbonyl (C=O) groups is 2. The van der Waals surface area contributed by atoms with Gasteiger partial charge in [-0.3, -0.25) is 0 Å². The van der Waals surface area contributed by atoms with Crippen molar-refractivity contribution in [3.8, 4) is 11.5 Å². The van der Waals surface area contributed by atoms with Crippen LogP contribution in [-0.2, 0) is 11.2 Å². The summed E-state index contributed by atoms with van der Waals surface area (Å²) in [5, 5.41) is 5.51. The Kier molecular flexibility index (Phi) is 5.58. The third-order valence-corrected chi connectivity index (χ3v) is 3.87. The molecule has 7 nitrogen and oxygen atoms in total. The van der Waals surface area contributed by atoms with E-state index in [-0.39, 0.29) is 6.03 Å². The van der Waals surface area contributed by atoms with Crippen molar-refractivity contribution in [2.75, 3.05) is 32.2 Å². The van der Waals surface area contributed by atoms with Gasteiger partial charge in [0.15, 0.2) is 11.5 Å². The van der Waals surface area contributed by atoms with Gasteiger partial charge in [0.2, 0.25) is 0 Å². The minimum Gasteiger partial charge on any atom is -0.486 e. The molecule has 1 aliphatic rings. The fourth-order valence-corrected chi connectivity index (χ4v) is 2.55. The number of ether oxygens (including phenoxy) is 3. The fraction of sp³-hybridized carbons (Fsp3) is 0.263. The SMILES string of the molecule is COC(=O)c1ccc(NC(=O)NCCc2ccc3c(c2)OCCO3)cc1. The molecule has 0 saturated heterocycles. The summed E-state index contributed by atoms with van der Waals surface area (Å²) in [5.74, 6) is 1.07. The van der Waals surface area contributed by atoms with E-state index in [1.807, 2.05) is 18.2 Å². The Balaban J connectivity index is 1.46. The Hall–Kier alpha value is -3.22. The largest absolute Gasteiger partial charge is 0.486 e. The number of methoxy groups -OCH3 is 1. The number of hydrogen-bond donors (Lipinski definition) is 2. The van der Waals surface area contributed by atoms with Gasteiger partial charge in [0, 0.05) is 12.2 Å². The molecule has 0 atom stereocenters. The van der Waals surface area contributed by atoms with Crippen molar-refractivity contribution in [1.82, 2.24) is 5.32 Å². The number of nitrogens with one attached hydrogen (secondary N) is 2. The monoisotopic (exact) mass is 356 g/mol. The minimum absolute atomic E-state index is 0.312. The van der Waals surface area contributed by atoms with Crippen LogP contribution in [0.2, 0.25) is 0 Å². The van der Waals surface area contributed by atoms with Crippen LogP contribution in [0.15, 0.2) is 42.5 Å². The van der Waals surface area contributed by atoms with E-state index in [2.05, 4.69) is 15.4 Å². The van der Waals surface area contributed by atoms with Crippen molar-refractivity contribution in [3.05, 3.63) is 53.6 Å². The van der Waals surface area contributed by atoms with Crippen molar-refractivity contribution in [3.63, 3.8) is 0 Å². The van der Waals surface area contributed by atoms with Crippen molar-refractivity contribution >= 4 is 17.7 Å². The summed E-state index contributed by atoms with van der Waals surface area (Å²) in [6, 6.07) is 11.9. The molecule has 0 bridgehead atoms. The molecule has 1 aliphatic heterocycles. The summed E-state index contributed by atoms with van der Waals surface area (Å²) in [6.07, 6.45) is 0.672. The van der Waals surface area contributed by atoms with Gasteiger partial charge in [0.25, 0.3) is 0 Å². The summed E-state index contributed by atoms with van der Waals surface area (Å²) < 4.78 is 15.7. The summed E-state index contributed by atoms with van der Waals surface area (Å²) in [5.41, 5.74) is 2.07. The Morgan fingerprint density at radius 3 is 2.50 bits per heavy atom. The maximum Gasteiger partial charge on any atom is 0.337 e. The van der Waals surface area contributed by atoms with Crippen LogP contribution in [0.25, 0.3) is 0 Å². The number of esters is 1. The molecule has 3 rings (SSSR count). The van der Waals surface area contributed by atoms with Gasteiger partial charge in [-0.15, -0.1) is 0 Å². The smallest absolute Gasteiger partial charge is 0.337 e. The van der Waals surface area contributed by atoms with Crippen LogP contribution in [-0.4, -0.2) is 38.9 Å². The lowest BCUT2D eigenvalue weighted by atomic mass is 10.1. The number of rotatable bonds is 5. The maximum absolute atomic E-state index is 12.0. The first kappa shape index (κ1) is 17.6. The first-order chi connectivity index (χ1) is 12.7. The predicted octanol–water partition coefficient (Wildman–Crippen LogP) is 2.61. The first-order valence-electron chi connectivity index (χ1n) is 8.27. The molecular formula is C19H20N2O5. The molecule has 0 radical (unpaired) electrons. The van der Waals surface area contributed by atoms with E-state index >= 15 is 0 Å². The molecule has 0 aliphatic carbocycles. The van der Waals surface area contributed by atoms with Crippen LogP contribution >= 0.6 is 0 Å². The standard InChI is InChI=1S/C19H20N2O5/c1-24-18(22)14-3-5-15(6-4-14)21-19(23)20-9-8-13-2-7-16-17(12-13)26-11-10-25-16/h2-7,12H,8-11H2,1H3,(H2,20,21,23). The molecule has 0 unspecified atom stereocenters. The van der Waals surface area contributed by atoms with Gasteiger partial charge in [-0.2, -0.15) is 0 Å². The van der Waals surface area contributed by atoms with Crippen molar-refractivity contribution in [2.45, 2.75) is 6.42 Å². The van der Waals surface area contributed by atoms with Gasteiger partial charge < -0.3 is 24.8 Å². The number of carbonyl (C=O) groups excluding carboxylic acids is 2. The summed E-state index contributed by atoms with van der Waals surface area (Å²) in [6.45, 7) is 1.59. The second-order valence-electron chi connectivity index (χ2n) is 5.68. The third kappa shape index (κ3) is 4.44. The van der Waals surface area contributed by atoms with Gasteiger partial charge in [-0.1, -0.05) is 6.07 Å². The molecule has 2 amide bonds. The van der Waals surface area contributed by atoms with Crippen LogP contribution < -0.4 is 20.1 Å². The average molecular weight is 356 g/mol. The number of anilines is 1. The normalized spacial score (nSPS) is 12.2. The van der Waals surface area contributed by atoms with Gasteiger partial charge >= 0.3 is 12.0 Å².